The topological polar surface area (TPSA) is 641 Å². The van der Waals surface area contributed by atoms with Crippen LogP contribution in [0.15, 0.2) is 48.5 Å². The number of aliphatic carboxylic acids is 1. The summed E-state index contributed by atoms with van der Waals surface area (Å²) < 4.78 is 55.7. The van der Waals surface area contributed by atoms with Gasteiger partial charge in [-0.15, -0.1) is 0 Å². The fourth-order valence-electron chi connectivity index (χ4n) is 13.0. The average Bonchev–Trinajstić information content (AvgIpc) is 0.709. The zero-order chi connectivity index (χ0) is 78.0. The number of fused-ring (bicyclic) bond motifs is 3. The van der Waals surface area contributed by atoms with Crippen LogP contribution in [0.2, 0.25) is 0 Å². The first kappa shape index (κ1) is 86.1. The van der Waals surface area contributed by atoms with Crippen LogP contribution in [0.25, 0.3) is 0 Å². The number of rotatable bonds is 31. The molecule has 588 valence electrons. The largest absolute Gasteiger partial charge is 1.00 e. The van der Waals surface area contributed by atoms with Gasteiger partial charge >= 0.3 is 29.6 Å². The van der Waals surface area contributed by atoms with Gasteiger partial charge in [-0.2, -0.15) is 0 Å². The fourth-order valence-corrected chi connectivity index (χ4v) is 13.0. The molecule has 0 unspecified atom stereocenters. The molecule has 3 aromatic carbocycles. The molecule has 4 fully saturated rings. The number of methoxy groups -OCH3 is 1. The summed E-state index contributed by atoms with van der Waals surface area (Å²) in [5, 5.41) is 177. The molecule has 4 heterocycles. The normalized spacial score (nSPS) is 31.0. The van der Waals surface area contributed by atoms with Crippen LogP contribution in [-0.4, -0.2) is 331 Å². The molecule has 9 rings (SSSR count). The third kappa shape index (κ3) is 20.0. The van der Waals surface area contributed by atoms with E-state index in [1.165, 1.54) is 32.2 Å². The molecule has 22 atom stereocenters. The van der Waals surface area contributed by atoms with Gasteiger partial charge in [-0.1, -0.05) is 42.5 Å². The van der Waals surface area contributed by atoms with E-state index in [9.17, 15) is 125 Å². The minimum absolute atomic E-state index is 0. The average molecular weight is 1540 g/mol. The van der Waals surface area contributed by atoms with Gasteiger partial charge in [0.15, 0.2) is 36.7 Å². The van der Waals surface area contributed by atoms with Crippen molar-refractivity contribution in [3.63, 3.8) is 0 Å². The number of aliphatic hydroxyl groups excluding tert-OH is 11. The zero-order valence-corrected chi connectivity index (χ0v) is 60.0. The Kier molecular flexibility index (Phi) is 30.3. The second kappa shape index (κ2) is 38.0. The van der Waals surface area contributed by atoms with Crippen molar-refractivity contribution >= 4 is 58.8 Å². The molecular weight excluding hydrogens is 1460 g/mol. The number of carbonyl (C=O) groups excluding carboxylic acids is 10. The van der Waals surface area contributed by atoms with Crippen molar-refractivity contribution in [2.24, 2.45) is 0 Å². The first-order valence-electron chi connectivity index (χ1n) is 33.4. The standard InChI is InChI=1S/C66H84N6O35.Na/c1-25-48(83)29(12-43(101-25)102-32-14-66(97,36(75)20-74)13-28-45(32)53(88)47-46(50(28)85)49(84)27-9-6-10-31(98-2)44(27)52(47)87)71-40(79)18-70-62(95)30(11-26-7-4-3-5-8-26)72-39(78)17-68-37(76)15-67-38(77)16-69-41(80)23-99-22-35-61(107-64-58(93)54(89)51(86)33(19-73)104-64)56(91)59(94)65(105-35)106-60-34(21-100-24-42(81)82)103-63(96)57(92)55(60)90;/h3-10,25,29-30,32-35,43,48,51,54-61,63-65,73-74,83,85-86,88-94,96-97H,11-24H2,1-2H3,(H,67,77)(H,68,76)(H,69,80)(H,70,95)(H,71,79)(H,72,78)(H,81,82);/q;+1/p-1/t25-,29-,30-,32-,33+,34+,35+,43-,48+,51+,54-,55+,56+,57+,58+,59+,60-,61-,63-,64+,65+,66-;/m0./s1. The molecular formula is C66H83N6NaO35. The minimum Gasteiger partial charge on any atom is -0.548 e. The number of phenolic OH excluding ortho intramolecular Hbond substituents is 2. The predicted octanol–water partition coefficient (Wildman–Crippen LogP) is -14.4. The predicted molar refractivity (Wildman–Crippen MR) is 344 cm³/mol. The van der Waals surface area contributed by atoms with E-state index in [-0.39, 0.29) is 64.0 Å². The van der Waals surface area contributed by atoms with E-state index in [1.807, 2.05) is 0 Å². The van der Waals surface area contributed by atoms with Crippen LogP contribution in [0.1, 0.15) is 74.4 Å². The molecule has 3 aromatic rings. The van der Waals surface area contributed by atoms with Gasteiger partial charge in [-0.25, -0.2) is 0 Å². The summed E-state index contributed by atoms with van der Waals surface area (Å²) >= 11 is 0. The van der Waals surface area contributed by atoms with E-state index in [4.69, 9.17) is 47.4 Å². The van der Waals surface area contributed by atoms with Crippen molar-refractivity contribution in [3.8, 4) is 17.2 Å². The maximum Gasteiger partial charge on any atom is 1.00 e. The quantitative estimate of drug-likeness (QED) is 0.0164. The van der Waals surface area contributed by atoms with Crippen LogP contribution in [0, 0.1) is 0 Å². The number of Topliss-reactive ketones (excluding diaryl/α,β-unsaturated/α-hetero) is 1. The van der Waals surface area contributed by atoms with Crippen molar-refractivity contribution in [3.05, 3.63) is 87.5 Å². The molecule has 4 saturated heterocycles. The maximum absolute atomic E-state index is 14.1. The Labute approximate surface area is 633 Å². The Balaban J connectivity index is 0.0000147. The zero-order valence-electron chi connectivity index (χ0n) is 58.0. The molecule has 2 aliphatic carbocycles. The molecule has 0 saturated carbocycles. The Morgan fingerprint density at radius 2 is 1.19 bits per heavy atom. The summed E-state index contributed by atoms with van der Waals surface area (Å²) in [5.74, 6) is -12.0. The fraction of sp³-hybridized carbons (Fsp3) is 0.576. The van der Waals surface area contributed by atoms with Crippen molar-refractivity contribution in [2.75, 3.05) is 72.9 Å². The number of phenols is 2. The van der Waals surface area contributed by atoms with E-state index >= 15 is 0 Å². The molecule has 108 heavy (non-hydrogen) atoms. The van der Waals surface area contributed by atoms with Gasteiger partial charge in [0, 0.05) is 42.4 Å². The second-order valence-electron chi connectivity index (χ2n) is 25.9. The summed E-state index contributed by atoms with van der Waals surface area (Å²) in [6, 6.07) is 9.72. The number of nitrogens with one attached hydrogen (secondary N) is 6. The molecule has 41 nitrogen and oxygen atoms in total. The number of aliphatic hydroxyl groups is 12. The van der Waals surface area contributed by atoms with Crippen molar-refractivity contribution in [1.82, 2.24) is 31.9 Å². The number of aromatic hydroxyl groups is 2. The van der Waals surface area contributed by atoms with Gasteiger partial charge < -0.3 is 161 Å². The second-order valence-corrected chi connectivity index (χ2v) is 25.9. The summed E-state index contributed by atoms with van der Waals surface area (Å²) in [7, 11) is 1.25. The molecule has 6 aliphatic rings. The molecule has 20 N–H and O–H groups in total. The van der Waals surface area contributed by atoms with Crippen LogP contribution in [0.5, 0.6) is 17.2 Å². The number of carbonyl (C=O) groups is 10. The Morgan fingerprint density at radius 1 is 0.611 bits per heavy atom. The van der Waals surface area contributed by atoms with E-state index in [0.717, 1.165) is 0 Å². The number of hydrogen-bond donors (Lipinski definition) is 20. The number of ketones is 3. The molecule has 0 aromatic heterocycles. The Morgan fingerprint density at radius 3 is 1.81 bits per heavy atom. The van der Waals surface area contributed by atoms with Gasteiger partial charge in [-0.3, -0.25) is 43.2 Å². The molecule has 0 radical (unpaired) electrons. The Hall–Kier alpha value is -7.48. The number of amides is 6. The van der Waals surface area contributed by atoms with Crippen molar-refractivity contribution in [1.29, 1.82) is 0 Å². The van der Waals surface area contributed by atoms with Crippen LogP contribution >= 0.6 is 0 Å². The van der Waals surface area contributed by atoms with Gasteiger partial charge in [0.25, 0.3) is 0 Å². The molecule has 6 amide bonds. The summed E-state index contributed by atoms with van der Waals surface area (Å²) in [6.45, 7) is -7.26. The van der Waals surface area contributed by atoms with Crippen LogP contribution in [0.4, 0.5) is 0 Å². The van der Waals surface area contributed by atoms with Crippen LogP contribution < -0.4 is 71.3 Å². The first-order valence-corrected chi connectivity index (χ1v) is 33.4. The van der Waals surface area contributed by atoms with Gasteiger partial charge in [-0.05, 0) is 18.6 Å². The summed E-state index contributed by atoms with van der Waals surface area (Å²) in [6.07, 6.45) is -36.8. The summed E-state index contributed by atoms with van der Waals surface area (Å²) in [4.78, 5) is 132. The van der Waals surface area contributed by atoms with E-state index in [1.54, 1.807) is 30.3 Å². The van der Waals surface area contributed by atoms with E-state index < -0.39 is 301 Å². The van der Waals surface area contributed by atoms with Gasteiger partial charge in [0.05, 0.1) is 101 Å². The number of carboxylic acid groups (broad SMARTS) is 1. The minimum atomic E-state index is -2.49. The van der Waals surface area contributed by atoms with Crippen molar-refractivity contribution < 1.29 is 201 Å². The van der Waals surface area contributed by atoms with Crippen LogP contribution in [-0.2, 0) is 93.8 Å². The molecule has 0 spiro atoms. The van der Waals surface area contributed by atoms with Crippen LogP contribution in [0.3, 0.4) is 0 Å². The molecule has 0 bridgehead atoms. The smallest absolute Gasteiger partial charge is 0.548 e. The summed E-state index contributed by atoms with van der Waals surface area (Å²) in [5.41, 5.74) is -4.31. The van der Waals surface area contributed by atoms with Crippen molar-refractivity contribution in [2.45, 2.75) is 167 Å². The monoisotopic (exact) mass is 1540 g/mol. The third-order valence-corrected chi connectivity index (χ3v) is 18.6. The van der Waals surface area contributed by atoms with Gasteiger partial charge in [0.2, 0.25) is 41.2 Å². The van der Waals surface area contributed by atoms with E-state index in [2.05, 4.69) is 31.9 Å². The third-order valence-electron chi connectivity index (χ3n) is 18.6. The number of carboxylic acids is 1. The maximum atomic E-state index is 14.1. The number of hydrogen-bond acceptors (Lipinski definition) is 35. The first-order chi connectivity index (χ1) is 50.8. The van der Waals surface area contributed by atoms with Gasteiger partial charge in [0.1, 0.15) is 121 Å². The SMILES string of the molecule is COc1cccc2c1C(=O)c1c(O)c3c(c(O)c1C2=O)C[C@@](O)(C(=O)CO)C[C@@H]3O[C@H]1C[C@H](NC(=O)CNC(=O)[C@H](Cc2ccccc2)NC(=O)CNC(=O)CNC(=O)CNC(=O)COC[C@H]2O[C@H](O[C@@H]3[C@H](O)[C@@H](O)[C@@H](O)O[C@@H]3COCC(=O)[O-])[C@H](O)[C@@H](O)[C@H]2O[C@H]2O[C@H](CO)[C@@H](O)[C@H](O)[C@H]2O)[C@H](O)[C@H](C)O1.[Na+]. The number of ether oxygens (including phenoxy) is 10. The van der Waals surface area contributed by atoms with E-state index in [0.29, 0.717) is 5.56 Å². The Bertz CT molecular complexity index is 3750. The number of benzene rings is 3. The molecule has 4 aliphatic heterocycles. The molecule has 42 heteroatoms.